The Labute approximate surface area is 123 Å². The third-order valence-corrected chi connectivity index (χ3v) is 6.76. The van der Waals surface area contributed by atoms with Gasteiger partial charge in [-0.15, -0.1) is 11.6 Å². The van der Waals surface area contributed by atoms with E-state index < -0.39 is 20.5 Å². The van der Waals surface area contributed by atoms with Crippen LogP contribution in [0, 0.1) is 0 Å². The van der Waals surface area contributed by atoms with E-state index >= 15 is 0 Å². The highest BCUT2D eigenvalue weighted by atomic mass is 35.5. The largest absolute Gasteiger partial charge is 0.497 e. The molecule has 0 saturated carbocycles. The van der Waals surface area contributed by atoms with Gasteiger partial charge < -0.3 is 4.74 Å². The molecule has 106 valence electrons. The van der Waals surface area contributed by atoms with Gasteiger partial charge in [0.05, 0.1) is 23.5 Å². The van der Waals surface area contributed by atoms with Crippen molar-refractivity contribution in [3.8, 4) is 5.75 Å². The van der Waals surface area contributed by atoms with Crippen molar-refractivity contribution in [3.63, 3.8) is 0 Å². The number of sulfone groups is 1. The first kappa shape index (κ1) is 14.9. The standard InChI is InChI=1S/C13H16Cl2O3S/c1-18-9-5-6-10(11(14)8-9)13(15)12-4-2-3-7-19(12,16)17/h5-6,8,12-13H,2-4,7H2,1H3. The molecule has 1 aliphatic heterocycles. The van der Waals surface area contributed by atoms with Gasteiger partial charge in [-0.1, -0.05) is 24.1 Å². The quantitative estimate of drug-likeness (QED) is 0.798. The summed E-state index contributed by atoms with van der Waals surface area (Å²) in [6.07, 6.45) is 2.21. The second-order valence-electron chi connectivity index (χ2n) is 4.69. The van der Waals surface area contributed by atoms with E-state index in [-0.39, 0.29) is 5.75 Å². The van der Waals surface area contributed by atoms with Gasteiger partial charge in [-0.2, -0.15) is 0 Å². The van der Waals surface area contributed by atoms with Crippen LogP contribution >= 0.6 is 23.2 Å². The molecule has 2 atom stereocenters. The zero-order valence-electron chi connectivity index (χ0n) is 10.6. The lowest BCUT2D eigenvalue weighted by atomic mass is 10.0. The number of benzene rings is 1. The Bertz CT molecular complexity index is 557. The molecule has 1 aliphatic rings. The maximum absolute atomic E-state index is 12.1. The summed E-state index contributed by atoms with van der Waals surface area (Å²) in [7, 11) is -1.57. The fourth-order valence-corrected chi connectivity index (χ4v) is 5.44. The van der Waals surface area contributed by atoms with Crippen LogP contribution < -0.4 is 4.74 Å². The molecule has 0 N–H and O–H groups in total. The average molecular weight is 323 g/mol. The number of methoxy groups -OCH3 is 1. The zero-order chi connectivity index (χ0) is 14.0. The number of hydrogen-bond donors (Lipinski definition) is 0. The molecule has 0 aliphatic carbocycles. The number of rotatable bonds is 3. The summed E-state index contributed by atoms with van der Waals surface area (Å²) < 4.78 is 29.2. The molecule has 0 radical (unpaired) electrons. The van der Waals surface area contributed by atoms with Crippen molar-refractivity contribution in [2.75, 3.05) is 12.9 Å². The van der Waals surface area contributed by atoms with Crippen molar-refractivity contribution < 1.29 is 13.2 Å². The fraction of sp³-hybridized carbons (Fsp3) is 0.538. The van der Waals surface area contributed by atoms with E-state index in [0.717, 1.165) is 12.8 Å². The van der Waals surface area contributed by atoms with Crippen molar-refractivity contribution in [1.29, 1.82) is 0 Å². The third-order valence-electron chi connectivity index (χ3n) is 3.46. The molecule has 1 aromatic carbocycles. The lowest BCUT2D eigenvalue weighted by Crippen LogP contribution is -2.32. The monoisotopic (exact) mass is 322 g/mol. The fourth-order valence-electron chi connectivity index (χ4n) is 2.37. The van der Waals surface area contributed by atoms with Crippen molar-refractivity contribution in [2.24, 2.45) is 0 Å². The molecule has 2 rings (SSSR count). The minimum Gasteiger partial charge on any atom is -0.497 e. The molecular weight excluding hydrogens is 307 g/mol. The third kappa shape index (κ3) is 3.18. The van der Waals surface area contributed by atoms with Crippen LogP contribution in [0.25, 0.3) is 0 Å². The van der Waals surface area contributed by atoms with E-state index in [9.17, 15) is 8.42 Å². The first-order chi connectivity index (χ1) is 8.95. The van der Waals surface area contributed by atoms with E-state index in [2.05, 4.69) is 0 Å². The molecule has 0 aromatic heterocycles. The number of alkyl halides is 1. The van der Waals surface area contributed by atoms with Gasteiger partial charge >= 0.3 is 0 Å². The molecule has 1 fully saturated rings. The van der Waals surface area contributed by atoms with Gasteiger partial charge in [0.1, 0.15) is 5.75 Å². The van der Waals surface area contributed by atoms with Crippen molar-refractivity contribution >= 4 is 33.0 Å². The lowest BCUT2D eigenvalue weighted by Gasteiger charge is -2.27. The number of ether oxygens (including phenoxy) is 1. The number of halogens is 2. The van der Waals surface area contributed by atoms with Gasteiger partial charge in [0.2, 0.25) is 0 Å². The van der Waals surface area contributed by atoms with E-state index in [0.29, 0.717) is 22.8 Å². The van der Waals surface area contributed by atoms with Crippen molar-refractivity contribution in [2.45, 2.75) is 29.9 Å². The predicted octanol–water partition coefficient (Wildman–Crippen LogP) is 3.60. The molecule has 6 heteroatoms. The maximum Gasteiger partial charge on any atom is 0.154 e. The second-order valence-corrected chi connectivity index (χ2v) is 7.91. The van der Waals surface area contributed by atoms with Crippen LogP contribution in [0.1, 0.15) is 30.2 Å². The molecular formula is C13H16Cl2O3S. The first-order valence-electron chi connectivity index (χ1n) is 6.15. The summed E-state index contributed by atoms with van der Waals surface area (Å²) >= 11 is 12.5. The summed E-state index contributed by atoms with van der Waals surface area (Å²) in [4.78, 5) is 0. The van der Waals surface area contributed by atoms with E-state index in [4.69, 9.17) is 27.9 Å². The van der Waals surface area contributed by atoms with Crippen LogP contribution in [0.5, 0.6) is 5.75 Å². The van der Waals surface area contributed by atoms with Gasteiger partial charge in [-0.3, -0.25) is 0 Å². The summed E-state index contributed by atoms with van der Waals surface area (Å²) in [6, 6.07) is 5.14. The number of hydrogen-bond acceptors (Lipinski definition) is 3. The Morgan fingerprint density at radius 3 is 2.68 bits per heavy atom. The minimum absolute atomic E-state index is 0.217. The maximum atomic E-state index is 12.1. The Balaban J connectivity index is 2.31. The molecule has 1 aromatic rings. The summed E-state index contributed by atoms with van der Waals surface area (Å²) in [5, 5.41) is -0.711. The Morgan fingerprint density at radius 2 is 2.11 bits per heavy atom. The second kappa shape index (κ2) is 5.90. The topological polar surface area (TPSA) is 43.4 Å². The molecule has 0 bridgehead atoms. The van der Waals surface area contributed by atoms with E-state index in [1.165, 1.54) is 0 Å². The lowest BCUT2D eigenvalue weighted by molar-refractivity contribution is 0.414. The summed E-state index contributed by atoms with van der Waals surface area (Å²) in [6.45, 7) is 0. The van der Waals surface area contributed by atoms with Crippen LogP contribution in [0.2, 0.25) is 5.02 Å². The van der Waals surface area contributed by atoms with Crippen LogP contribution in [-0.2, 0) is 9.84 Å². The predicted molar refractivity (Wildman–Crippen MR) is 78.0 cm³/mol. The molecule has 0 spiro atoms. The first-order valence-corrected chi connectivity index (χ1v) is 8.68. The normalized spacial score (nSPS) is 23.8. The minimum atomic E-state index is -3.13. The highest BCUT2D eigenvalue weighted by Gasteiger charge is 2.36. The molecule has 19 heavy (non-hydrogen) atoms. The highest BCUT2D eigenvalue weighted by molar-refractivity contribution is 7.92. The van der Waals surface area contributed by atoms with Gasteiger partial charge in [0.25, 0.3) is 0 Å². The molecule has 2 unspecified atom stereocenters. The van der Waals surface area contributed by atoms with Crippen LogP contribution in [-0.4, -0.2) is 26.5 Å². The smallest absolute Gasteiger partial charge is 0.154 e. The van der Waals surface area contributed by atoms with E-state index in [1.54, 1.807) is 25.3 Å². The Kier molecular flexibility index (Phi) is 4.64. The van der Waals surface area contributed by atoms with Gasteiger partial charge in [0, 0.05) is 5.02 Å². The zero-order valence-corrected chi connectivity index (χ0v) is 12.9. The van der Waals surface area contributed by atoms with Crippen LogP contribution in [0.3, 0.4) is 0 Å². The SMILES string of the molecule is COc1ccc(C(Cl)C2CCCCS2(=O)=O)c(Cl)c1. The van der Waals surface area contributed by atoms with Gasteiger partial charge in [-0.05, 0) is 30.5 Å². The summed E-state index contributed by atoms with van der Waals surface area (Å²) in [5.41, 5.74) is 0.652. The van der Waals surface area contributed by atoms with Crippen molar-refractivity contribution in [3.05, 3.63) is 28.8 Å². The molecule has 0 amide bonds. The molecule has 3 nitrogen and oxygen atoms in total. The van der Waals surface area contributed by atoms with Crippen LogP contribution in [0.15, 0.2) is 18.2 Å². The Hall–Kier alpha value is -0.450. The van der Waals surface area contributed by atoms with E-state index in [1.807, 2.05) is 0 Å². The van der Waals surface area contributed by atoms with Gasteiger partial charge in [-0.25, -0.2) is 8.42 Å². The highest BCUT2D eigenvalue weighted by Crippen LogP contribution is 2.39. The average Bonchev–Trinajstić information content (AvgIpc) is 2.37. The van der Waals surface area contributed by atoms with Gasteiger partial charge in [0.15, 0.2) is 9.84 Å². The van der Waals surface area contributed by atoms with Crippen molar-refractivity contribution in [1.82, 2.24) is 0 Å². The Morgan fingerprint density at radius 1 is 1.37 bits per heavy atom. The molecule has 1 saturated heterocycles. The molecule has 1 heterocycles. The summed E-state index contributed by atoms with van der Waals surface area (Å²) in [5.74, 6) is 0.846. The van der Waals surface area contributed by atoms with Crippen LogP contribution in [0.4, 0.5) is 0 Å².